The lowest BCUT2D eigenvalue weighted by Crippen LogP contribution is -2.48. The Balaban J connectivity index is 2.20. The Morgan fingerprint density at radius 1 is 1.36 bits per heavy atom. The lowest BCUT2D eigenvalue weighted by Gasteiger charge is -2.33. The monoisotopic (exact) mass is 325 g/mol. The van der Waals surface area contributed by atoms with Gasteiger partial charge in [0.05, 0.1) is 12.4 Å². The normalized spacial score (nSPS) is 19.8. The molecule has 22 heavy (non-hydrogen) atoms. The number of sulfonamides is 1. The average molecular weight is 325 g/mol. The largest absolute Gasteiger partial charge is 0.465 e. The molecule has 1 fully saturated rings. The van der Waals surface area contributed by atoms with Gasteiger partial charge in [0.1, 0.15) is 6.04 Å². The van der Waals surface area contributed by atoms with E-state index >= 15 is 0 Å². The van der Waals surface area contributed by atoms with Crippen molar-refractivity contribution in [3.05, 3.63) is 35.4 Å². The number of piperidine rings is 1. The zero-order valence-corrected chi connectivity index (χ0v) is 13.9. The van der Waals surface area contributed by atoms with Crippen LogP contribution in [0.2, 0.25) is 0 Å². The molecule has 6 heteroatoms. The fourth-order valence-electron chi connectivity index (χ4n) is 2.81. The molecule has 0 spiro atoms. The summed E-state index contributed by atoms with van der Waals surface area (Å²) in [6.45, 7) is 4.31. The summed E-state index contributed by atoms with van der Waals surface area (Å²) in [7, 11) is -3.53. The molecule has 0 aromatic heterocycles. The SMILES string of the molecule is CCOC(=O)C1CCCCN1S(=O)(=O)Cc1cccc(C)c1. The van der Waals surface area contributed by atoms with Gasteiger partial charge in [-0.15, -0.1) is 0 Å². The van der Waals surface area contributed by atoms with Gasteiger partial charge in [0.25, 0.3) is 0 Å². The van der Waals surface area contributed by atoms with Crippen molar-refractivity contribution in [3.63, 3.8) is 0 Å². The van der Waals surface area contributed by atoms with Gasteiger partial charge >= 0.3 is 5.97 Å². The average Bonchev–Trinajstić information content (AvgIpc) is 2.47. The third-order valence-corrected chi connectivity index (χ3v) is 5.65. The molecule has 5 nitrogen and oxygen atoms in total. The highest BCUT2D eigenvalue weighted by Gasteiger charge is 2.37. The number of carbonyl (C=O) groups is 1. The third kappa shape index (κ3) is 4.08. The summed E-state index contributed by atoms with van der Waals surface area (Å²) in [6, 6.07) is 6.76. The quantitative estimate of drug-likeness (QED) is 0.779. The van der Waals surface area contributed by atoms with Gasteiger partial charge in [0.15, 0.2) is 0 Å². The molecule has 1 unspecified atom stereocenters. The minimum absolute atomic E-state index is 0.0788. The molecule has 1 aliphatic rings. The molecule has 0 N–H and O–H groups in total. The summed E-state index contributed by atoms with van der Waals surface area (Å²) in [5.41, 5.74) is 1.77. The van der Waals surface area contributed by atoms with E-state index in [1.807, 2.05) is 25.1 Å². The van der Waals surface area contributed by atoms with E-state index < -0.39 is 22.0 Å². The summed E-state index contributed by atoms with van der Waals surface area (Å²) in [6.07, 6.45) is 2.16. The molecule has 2 rings (SSSR count). The van der Waals surface area contributed by atoms with E-state index in [9.17, 15) is 13.2 Å². The number of carbonyl (C=O) groups excluding carboxylic acids is 1. The Bertz CT molecular complexity index is 627. The van der Waals surface area contributed by atoms with Gasteiger partial charge in [-0.25, -0.2) is 8.42 Å². The Morgan fingerprint density at radius 2 is 2.14 bits per heavy atom. The maximum Gasteiger partial charge on any atom is 0.324 e. The topological polar surface area (TPSA) is 63.7 Å². The van der Waals surface area contributed by atoms with Crippen LogP contribution in [0, 0.1) is 6.92 Å². The van der Waals surface area contributed by atoms with Crippen LogP contribution < -0.4 is 0 Å². The van der Waals surface area contributed by atoms with Crippen molar-refractivity contribution in [2.24, 2.45) is 0 Å². The van der Waals surface area contributed by atoms with Crippen LogP contribution >= 0.6 is 0 Å². The predicted octanol–water partition coefficient (Wildman–Crippen LogP) is 2.24. The molecule has 0 saturated carbocycles. The number of hydrogen-bond acceptors (Lipinski definition) is 4. The van der Waals surface area contributed by atoms with E-state index in [4.69, 9.17) is 4.74 Å². The first-order chi connectivity index (χ1) is 10.4. The minimum atomic E-state index is -3.53. The van der Waals surface area contributed by atoms with E-state index in [1.54, 1.807) is 13.0 Å². The van der Waals surface area contributed by atoms with Crippen LogP contribution in [0.15, 0.2) is 24.3 Å². The van der Waals surface area contributed by atoms with Crippen molar-refractivity contribution in [3.8, 4) is 0 Å². The van der Waals surface area contributed by atoms with Crippen molar-refractivity contribution >= 4 is 16.0 Å². The summed E-state index contributed by atoms with van der Waals surface area (Å²) in [4.78, 5) is 12.0. The number of aryl methyl sites for hydroxylation is 1. The molecule has 1 aromatic rings. The first-order valence-corrected chi connectivity index (χ1v) is 9.26. The van der Waals surface area contributed by atoms with Gasteiger partial charge in [-0.1, -0.05) is 29.8 Å². The number of ether oxygens (including phenoxy) is 1. The van der Waals surface area contributed by atoms with E-state index in [2.05, 4.69) is 0 Å². The first-order valence-electron chi connectivity index (χ1n) is 7.65. The second kappa shape index (κ2) is 7.24. The van der Waals surface area contributed by atoms with Gasteiger partial charge in [-0.3, -0.25) is 4.79 Å². The summed E-state index contributed by atoms with van der Waals surface area (Å²) in [5, 5.41) is 0. The molecule has 0 aliphatic carbocycles. The van der Waals surface area contributed by atoms with E-state index in [0.717, 1.165) is 24.0 Å². The standard InChI is InChI=1S/C16H23NO4S/c1-3-21-16(18)15-9-4-5-10-17(15)22(19,20)12-14-8-6-7-13(2)11-14/h6-8,11,15H,3-5,9-10,12H2,1-2H3. The summed E-state index contributed by atoms with van der Waals surface area (Å²) >= 11 is 0. The maximum absolute atomic E-state index is 12.7. The molecular weight excluding hydrogens is 302 g/mol. The van der Waals surface area contributed by atoms with Crippen molar-refractivity contribution in [1.82, 2.24) is 4.31 Å². The van der Waals surface area contributed by atoms with Gasteiger partial charge in [0, 0.05) is 6.54 Å². The number of hydrogen-bond donors (Lipinski definition) is 0. The highest BCUT2D eigenvalue weighted by atomic mass is 32.2. The summed E-state index contributed by atoms with van der Waals surface area (Å²) < 4.78 is 31.8. The Hall–Kier alpha value is -1.40. The predicted molar refractivity (Wildman–Crippen MR) is 84.8 cm³/mol. The number of rotatable bonds is 5. The maximum atomic E-state index is 12.7. The third-order valence-electron chi connectivity index (χ3n) is 3.80. The highest BCUT2D eigenvalue weighted by Crippen LogP contribution is 2.24. The van der Waals surface area contributed by atoms with Crippen LogP contribution in [0.3, 0.4) is 0 Å². The fourth-order valence-corrected chi connectivity index (χ4v) is 4.56. The lowest BCUT2D eigenvalue weighted by atomic mass is 10.1. The van der Waals surface area contributed by atoms with Crippen molar-refractivity contribution in [2.75, 3.05) is 13.2 Å². The number of benzene rings is 1. The molecule has 1 heterocycles. The van der Waals surface area contributed by atoms with Crippen LogP contribution in [-0.4, -0.2) is 37.9 Å². The van der Waals surface area contributed by atoms with Gasteiger partial charge in [-0.05, 0) is 38.7 Å². The zero-order valence-electron chi connectivity index (χ0n) is 13.1. The van der Waals surface area contributed by atoms with Crippen LogP contribution in [0.1, 0.15) is 37.3 Å². The summed E-state index contributed by atoms with van der Waals surface area (Å²) in [5.74, 6) is -0.514. The molecule has 122 valence electrons. The molecule has 1 saturated heterocycles. The molecule has 0 bridgehead atoms. The van der Waals surface area contributed by atoms with Crippen LogP contribution in [0.5, 0.6) is 0 Å². The van der Waals surface area contributed by atoms with Crippen molar-refractivity contribution < 1.29 is 17.9 Å². The molecule has 0 radical (unpaired) electrons. The number of esters is 1. The van der Waals surface area contributed by atoms with E-state index in [1.165, 1.54) is 4.31 Å². The highest BCUT2D eigenvalue weighted by molar-refractivity contribution is 7.88. The molecule has 0 amide bonds. The van der Waals surface area contributed by atoms with Gasteiger partial charge in [-0.2, -0.15) is 4.31 Å². The molecular formula is C16H23NO4S. The van der Waals surface area contributed by atoms with Crippen LogP contribution in [-0.2, 0) is 25.3 Å². The molecule has 1 aliphatic heterocycles. The number of nitrogens with zero attached hydrogens (tertiary/aromatic N) is 1. The van der Waals surface area contributed by atoms with Gasteiger partial charge in [0.2, 0.25) is 10.0 Å². The second-order valence-corrected chi connectivity index (χ2v) is 7.54. The minimum Gasteiger partial charge on any atom is -0.465 e. The van der Waals surface area contributed by atoms with Crippen LogP contribution in [0.25, 0.3) is 0 Å². The fraction of sp³-hybridized carbons (Fsp3) is 0.562. The molecule has 1 aromatic carbocycles. The Morgan fingerprint density at radius 3 is 2.82 bits per heavy atom. The second-order valence-electron chi connectivity index (χ2n) is 5.62. The first kappa shape index (κ1) is 17.0. The molecule has 1 atom stereocenters. The Labute approximate surface area is 132 Å². The van der Waals surface area contributed by atoms with E-state index in [-0.39, 0.29) is 12.4 Å². The Kier molecular flexibility index (Phi) is 5.58. The van der Waals surface area contributed by atoms with Crippen LogP contribution in [0.4, 0.5) is 0 Å². The van der Waals surface area contributed by atoms with E-state index in [0.29, 0.717) is 13.0 Å². The smallest absolute Gasteiger partial charge is 0.324 e. The van der Waals surface area contributed by atoms with Crippen molar-refractivity contribution in [2.45, 2.75) is 44.9 Å². The lowest BCUT2D eigenvalue weighted by molar-refractivity contribution is -0.148. The van der Waals surface area contributed by atoms with Crippen molar-refractivity contribution in [1.29, 1.82) is 0 Å². The van der Waals surface area contributed by atoms with Gasteiger partial charge < -0.3 is 4.74 Å². The zero-order chi connectivity index (χ0) is 16.2.